The number of aromatic nitrogens is 1. The molecule has 0 saturated carbocycles. The minimum atomic E-state index is -0.595. The summed E-state index contributed by atoms with van der Waals surface area (Å²) in [5, 5.41) is 3.21. The molecule has 1 atom stereocenters. The number of fused-ring (bicyclic) bond motifs is 1. The normalized spacial score (nSPS) is 20.9. The van der Waals surface area contributed by atoms with Crippen molar-refractivity contribution in [2.24, 2.45) is 0 Å². The van der Waals surface area contributed by atoms with Gasteiger partial charge in [0.25, 0.3) is 5.91 Å². The van der Waals surface area contributed by atoms with Crippen molar-refractivity contribution in [1.82, 2.24) is 15.2 Å². The molecule has 1 aromatic rings. The zero-order chi connectivity index (χ0) is 16.4. The zero-order valence-corrected chi connectivity index (χ0v) is 13.1. The van der Waals surface area contributed by atoms with Gasteiger partial charge in [-0.2, -0.15) is 0 Å². The molecule has 2 aliphatic rings. The van der Waals surface area contributed by atoms with Crippen LogP contribution in [-0.2, 0) is 9.59 Å². The highest BCUT2D eigenvalue weighted by molar-refractivity contribution is 5.99. The van der Waals surface area contributed by atoms with Crippen LogP contribution in [0.4, 0.5) is 11.6 Å². The Bertz CT molecular complexity index is 615. The molecule has 3 rings (SSSR count). The third kappa shape index (κ3) is 3.21. The van der Waals surface area contributed by atoms with Crippen LogP contribution in [0, 0.1) is 0 Å². The van der Waals surface area contributed by atoms with Crippen molar-refractivity contribution in [3.63, 3.8) is 0 Å². The van der Waals surface area contributed by atoms with E-state index in [0.717, 1.165) is 13.1 Å². The molecule has 0 spiro atoms. The van der Waals surface area contributed by atoms with Gasteiger partial charge in [-0.3, -0.25) is 14.5 Å². The van der Waals surface area contributed by atoms with Gasteiger partial charge in [0.15, 0.2) is 17.7 Å². The minimum absolute atomic E-state index is 0.0453. The maximum atomic E-state index is 12.4. The molecule has 8 nitrogen and oxygen atoms in total. The molecule has 2 aliphatic heterocycles. The van der Waals surface area contributed by atoms with E-state index in [0.29, 0.717) is 30.5 Å². The van der Waals surface area contributed by atoms with Crippen LogP contribution in [0.15, 0.2) is 12.1 Å². The first kappa shape index (κ1) is 15.5. The van der Waals surface area contributed by atoms with Crippen LogP contribution in [-0.4, -0.2) is 60.5 Å². The Hall–Kier alpha value is -2.35. The van der Waals surface area contributed by atoms with E-state index >= 15 is 0 Å². The second-order valence-electron chi connectivity index (χ2n) is 5.69. The summed E-state index contributed by atoms with van der Waals surface area (Å²) in [5.41, 5.74) is 5.71. The Morgan fingerprint density at radius 1 is 1.43 bits per heavy atom. The number of rotatable bonds is 3. The summed E-state index contributed by atoms with van der Waals surface area (Å²) in [6.07, 6.45) is -0.337. The molecule has 1 saturated heterocycles. The van der Waals surface area contributed by atoms with E-state index in [4.69, 9.17) is 10.5 Å². The van der Waals surface area contributed by atoms with E-state index in [1.165, 1.54) is 4.90 Å². The number of hydrogen-bond donors (Lipinski definition) is 2. The van der Waals surface area contributed by atoms with Crippen LogP contribution >= 0.6 is 0 Å². The Kier molecular flexibility index (Phi) is 4.33. The maximum Gasteiger partial charge on any atom is 0.269 e. The van der Waals surface area contributed by atoms with Gasteiger partial charge < -0.3 is 20.7 Å². The summed E-state index contributed by atoms with van der Waals surface area (Å²) in [4.78, 5) is 32.2. The van der Waals surface area contributed by atoms with Gasteiger partial charge >= 0.3 is 0 Å². The number of carbonyl (C=O) groups excluding carboxylic acids is 2. The van der Waals surface area contributed by atoms with Gasteiger partial charge in [-0.15, -0.1) is 0 Å². The van der Waals surface area contributed by atoms with Crippen molar-refractivity contribution >= 4 is 23.5 Å². The van der Waals surface area contributed by atoms with Crippen molar-refractivity contribution in [3.8, 4) is 5.75 Å². The third-order valence-electron chi connectivity index (χ3n) is 4.05. The lowest BCUT2D eigenvalue weighted by atomic mass is 10.2. The fraction of sp³-hybridized carbons (Fsp3) is 0.533. The molecule has 3 N–H and O–H groups in total. The van der Waals surface area contributed by atoms with E-state index in [1.807, 2.05) is 4.90 Å². The molecule has 1 fully saturated rings. The number of amides is 2. The van der Waals surface area contributed by atoms with Gasteiger partial charge in [0, 0.05) is 39.1 Å². The lowest BCUT2D eigenvalue weighted by Gasteiger charge is -2.33. The zero-order valence-electron chi connectivity index (χ0n) is 13.1. The maximum absolute atomic E-state index is 12.4. The molecule has 0 aromatic carbocycles. The molecular formula is C15H21N5O3. The topological polar surface area (TPSA) is 101 Å². The Morgan fingerprint density at radius 2 is 2.17 bits per heavy atom. The van der Waals surface area contributed by atoms with Gasteiger partial charge in [-0.05, 0) is 19.1 Å². The van der Waals surface area contributed by atoms with Gasteiger partial charge in [0.05, 0.1) is 0 Å². The van der Waals surface area contributed by atoms with Crippen molar-refractivity contribution in [3.05, 3.63) is 12.1 Å². The van der Waals surface area contributed by atoms with Gasteiger partial charge in [0.2, 0.25) is 5.91 Å². The Morgan fingerprint density at radius 3 is 2.91 bits per heavy atom. The first-order valence-corrected chi connectivity index (χ1v) is 7.79. The summed E-state index contributed by atoms with van der Waals surface area (Å²) < 4.78 is 5.54. The molecule has 0 bridgehead atoms. The Labute approximate surface area is 134 Å². The SMILES string of the molecule is CC1Oc2ccc(N)nc2N(CCC(=O)N2CCNCC2)C1=O. The first-order valence-electron chi connectivity index (χ1n) is 7.79. The number of piperazine rings is 1. The predicted octanol–water partition coefficient (Wildman–Crippen LogP) is -0.400. The van der Waals surface area contributed by atoms with Gasteiger partial charge in [0.1, 0.15) is 5.82 Å². The van der Waals surface area contributed by atoms with E-state index in [2.05, 4.69) is 10.3 Å². The average Bonchev–Trinajstić information content (AvgIpc) is 2.56. The molecule has 2 amide bonds. The number of pyridine rings is 1. The summed E-state index contributed by atoms with van der Waals surface area (Å²) in [5.74, 6) is 1.06. The number of hydrogen-bond acceptors (Lipinski definition) is 6. The van der Waals surface area contributed by atoms with Crippen molar-refractivity contribution in [1.29, 1.82) is 0 Å². The van der Waals surface area contributed by atoms with Crippen molar-refractivity contribution < 1.29 is 14.3 Å². The number of nitrogens with one attached hydrogen (secondary N) is 1. The highest BCUT2D eigenvalue weighted by atomic mass is 16.5. The molecule has 1 aromatic heterocycles. The first-order chi connectivity index (χ1) is 11.1. The lowest BCUT2D eigenvalue weighted by molar-refractivity contribution is -0.131. The fourth-order valence-corrected chi connectivity index (χ4v) is 2.80. The quantitative estimate of drug-likeness (QED) is 0.786. The highest BCUT2D eigenvalue weighted by Gasteiger charge is 2.33. The summed E-state index contributed by atoms with van der Waals surface area (Å²) in [6, 6.07) is 3.33. The summed E-state index contributed by atoms with van der Waals surface area (Å²) in [6.45, 7) is 4.98. The van der Waals surface area contributed by atoms with Crippen LogP contribution in [0.25, 0.3) is 0 Å². The van der Waals surface area contributed by atoms with E-state index < -0.39 is 6.10 Å². The lowest BCUT2D eigenvalue weighted by Crippen LogP contribution is -2.49. The largest absolute Gasteiger partial charge is 0.477 e. The number of carbonyl (C=O) groups is 2. The minimum Gasteiger partial charge on any atom is -0.477 e. The average molecular weight is 319 g/mol. The van der Waals surface area contributed by atoms with Crippen LogP contribution in [0.3, 0.4) is 0 Å². The number of nitrogen functional groups attached to an aromatic ring is 1. The highest BCUT2D eigenvalue weighted by Crippen LogP contribution is 2.32. The van der Waals surface area contributed by atoms with Crippen LogP contribution in [0.2, 0.25) is 0 Å². The predicted molar refractivity (Wildman–Crippen MR) is 85.2 cm³/mol. The summed E-state index contributed by atoms with van der Waals surface area (Å²) in [7, 11) is 0. The molecule has 0 aliphatic carbocycles. The fourth-order valence-electron chi connectivity index (χ4n) is 2.80. The smallest absolute Gasteiger partial charge is 0.269 e. The molecule has 1 unspecified atom stereocenters. The van der Waals surface area contributed by atoms with Gasteiger partial charge in [-0.1, -0.05) is 0 Å². The standard InChI is InChI=1S/C15H21N5O3/c1-10-15(22)20(14-11(23-10)2-3-12(16)18-14)7-4-13(21)19-8-5-17-6-9-19/h2-3,10,17H,4-9H2,1H3,(H2,16,18). The Balaban J connectivity index is 1.72. The molecule has 3 heterocycles. The molecule has 0 radical (unpaired) electrons. The summed E-state index contributed by atoms with van der Waals surface area (Å²) >= 11 is 0. The molecule has 8 heteroatoms. The molecule has 124 valence electrons. The number of nitrogens with two attached hydrogens (primary N) is 1. The number of nitrogens with zero attached hydrogens (tertiary/aromatic N) is 3. The number of ether oxygens (including phenoxy) is 1. The van der Waals surface area contributed by atoms with Crippen molar-refractivity contribution in [2.75, 3.05) is 43.4 Å². The molecule has 23 heavy (non-hydrogen) atoms. The van der Waals surface area contributed by atoms with Gasteiger partial charge in [-0.25, -0.2) is 4.98 Å². The van der Waals surface area contributed by atoms with Crippen LogP contribution in [0.5, 0.6) is 5.75 Å². The van der Waals surface area contributed by atoms with Crippen LogP contribution < -0.4 is 20.7 Å². The van der Waals surface area contributed by atoms with Crippen LogP contribution in [0.1, 0.15) is 13.3 Å². The van der Waals surface area contributed by atoms with E-state index in [1.54, 1.807) is 19.1 Å². The van der Waals surface area contributed by atoms with E-state index in [-0.39, 0.29) is 24.8 Å². The molecular weight excluding hydrogens is 298 g/mol. The second-order valence-corrected chi connectivity index (χ2v) is 5.69. The van der Waals surface area contributed by atoms with Crippen molar-refractivity contribution in [2.45, 2.75) is 19.4 Å². The second kappa shape index (κ2) is 6.41. The third-order valence-corrected chi connectivity index (χ3v) is 4.05. The number of anilines is 2. The monoisotopic (exact) mass is 319 g/mol. The van der Waals surface area contributed by atoms with E-state index in [9.17, 15) is 9.59 Å².